The first-order valence-corrected chi connectivity index (χ1v) is 13.1. The van der Waals surface area contributed by atoms with Gasteiger partial charge in [0.25, 0.3) is 11.5 Å². The van der Waals surface area contributed by atoms with Gasteiger partial charge < -0.3 is 9.55 Å². The van der Waals surface area contributed by atoms with E-state index in [1.54, 1.807) is 23.7 Å². The van der Waals surface area contributed by atoms with Crippen molar-refractivity contribution in [2.24, 2.45) is 13.0 Å². The van der Waals surface area contributed by atoms with E-state index >= 15 is 0 Å². The molecule has 1 N–H and O–H groups in total. The van der Waals surface area contributed by atoms with Gasteiger partial charge in [-0.1, -0.05) is 19.1 Å². The topological polar surface area (TPSA) is 84.6 Å². The Morgan fingerprint density at radius 2 is 1.98 bits per heavy atom. The van der Waals surface area contributed by atoms with Gasteiger partial charge in [0.1, 0.15) is 34.6 Å². The van der Waals surface area contributed by atoms with E-state index in [2.05, 4.69) is 32.0 Å². The van der Waals surface area contributed by atoms with Gasteiger partial charge in [-0.2, -0.15) is 13.2 Å². The van der Waals surface area contributed by atoms with Crippen LogP contribution in [0.2, 0.25) is 0 Å². The summed E-state index contributed by atoms with van der Waals surface area (Å²) in [6.45, 7) is 4.03. The van der Waals surface area contributed by atoms with Crippen molar-refractivity contribution in [3.05, 3.63) is 69.9 Å². The number of H-pyrrole nitrogens is 1. The van der Waals surface area contributed by atoms with Crippen LogP contribution in [0.5, 0.6) is 0 Å². The highest BCUT2D eigenvalue weighted by atomic mass is 19.4. The molecule has 0 spiro atoms. The Bertz CT molecular complexity index is 1630. The fourth-order valence-electron chi connectivity index (χ4n) is 6.25. The summed E-state index contributed by atoms with van der Waals surface area (Å²) in [5.41, 5.74) is -3.11. The van der Waals surface area contributed by atoms with Gasteiger partial charge in [0.15, 0.2) is 0 Å². The van der Waals surface area contributed by atoms with Crippen molar-refractivity contribution in [1.29, 1.82) is 0 Å². The number of hydrogen-bond acceptors (Lipinski definition) is 5. The van der Waals surface area contributed by atoms with E-state index in [1.165, 1.54) is 18.5 Å². The van der Waals surface area contributed by atoms with Crippen LogP contribution >= 0.6 is 0 Å². The number of imidazole rings is 1. The predicted octanol–water partition coefficient (Wildman–Crippen LogP) is 4.81. The van der Waals surface area contributed by atoms with Crippen molar-refractivity contribution in [2.45, 2.75) is 56.7 Å². The van der Waals surface area contributed by atoms with Crippen LogP contribution in [0.1, 0.15) is 55.4 Å². The van der Waals surface area contributed by atoms with Crippen molar-refractivity contribution in [3.63, 3.8) is 0 Å². The number of rotatable bonds is 5. The number of aromatic nitrogens is 6. The van der Waals surface area contributed by atoms with Crippen molar-refractivity contribution in [3.8, 4) is 5.69 Å². The standard InChI is InChI=1S/C27H28F5N7O/c1-16-5-4-8-38(10-16)12-20-34-21-19(27(30,31)32)11-39(23(40)22(21)35-20)18-7-3-6-17(9-18)25(13-26(28,29)14-25)24-36-33-15-37(24)2/h3,6-7,9,11,15-16H,4-5,8,10,12-14H2,1-2H3,(H,34,35)/t16-/m0/s1. The molecule has 8 nitrogen and oxygen atoms in total. The van der Waals surface area contributed by atoms with Crippen LogP contribution in [0.3, 0.4) is 0 Å². The highest BCUT2D eigenvalue weighted by Crippen LogP contribution is 2.56. The third-order valence-electron chi connectivity index (χ3n) is 8.06. The monoisotopic (exact) mass is 561 g/mol. The number of likely N-dealkylation sites (tertiary alicyclic amines) is 1. The van der Waals surface area contributed by atoms with Crippen LogP contribution in [0, 0.1) is 5.92 Å². The maximum atomic E-state index is 14.2. The number of alkyl halides is 5. The van der Waals surface area contributed by atoms with Crippen molar-refractivity contribution < 1.29 is 22.0 Å². The van der Waals surface area contributed by atoms with E-state index in [0.717, 1.165) is 36.7 Å². The third kappa shape index (κ3) is 4.49. The number of benzene rings is 1. The van der Waals surface area contributed by atoms with Gasteiger partial charge >= 0.3 is 6.18 Å². The smallest absolute Gasteiger partial charge is 0.336 e. The summed E-state index contributed by atoms with van der Waals surface area (Å²) in [7, 11) is 1.64. The number of fused-ring (bicyclic) bond motifs is 1. The predicted molar refractivity (Wildman–Crippen MR) is 136 cm³/mol. The summed E-state index contributed by atoms with van der Waals surface area (Å²) >= 11 is 0. The molecule has 40 heavy (non-hydrogen) atoms. The second kappa shape index (κ2) is 9.22. The Morgan fingerprint density at radius 1 is 1.20 bits per heavy atom. The van der Waals surface area contributed by atoms with Crippen molar-refractivity contribution in [2.75, 3.05) is 13.1 Å². The van der Waals surface area contributed by atoms with E-state index in [-0.39, 0.29) is 17.0 Å². The number of nitrogens with zero attached hydrogens (tertiary/aromatic N) is 6. The second-order valence-electron chi connectivity index (χ2n) is 11.2. The molecule has 13 heteroatoms. The van der Waals surface area contributed by atoms with Gasteiger partial charge in [-0.15, -0.1) is 10.2 Å². The lowest BCUT2D eigenvalue weighted by Gasteiger charge is -2.46. The molecule has 1 saturated carbocycles. The number of halogens is 5. The van der Waals surface area contributed by atoms with Gasteiger partial charge in [-0.05, 0) is 43.0 Å². The van der Waals surface area contributed by atoms with Crippen LogP contribution in [0.4, 0.5) is 22.0 Å². The van der Waals surface area contributed by atoms with Crippen LogP contribution in [-0.4, -0.2) is 53.2 Å². The lowest BCUT2D eigenvalue weighted by atomic mass is 9.61. The highest BCUT2D eigenvalue weighted by Gasteiger charge is 2.60. The molecule has 3 aromatic heterocycles. The molecule has 1 atom stereocenters. The van der Waals surface area contributed by atoms with Gasteiger partial charge in [0.05, 0.1) is 12.0 Å². The van der Waals surface area contributed by atoms with E-state index < -0.39 is 47.0 Å². The number of aromatic amines is 1. The fourth-order valence-corrected chi connectivity index (χ4v) is 6.25. The summed E-state index contributed by atoms with van der Waals surface area (Å²) in [5, 5.41) is 7.89. The Hall–Kier alpha value is -3.61. The molecule has 1 saturated heterocycles. The zero-order valence-corrected chi connectivity index (χ0v) is 22.0. The normalized spacial score (nSPS) is 21.0. The molecule has 1 aromatic carbocycles. The van der Waals surface area contributed by atoms with Crippen LogP contribution in [-0.2, 0) is 25.2 Å². The first kappa shape index (κ1) is 26.6. The lowest BCUT2D eigenvalue weighted by molar-refractivity contribution is -0.136. The first-order valence-electron chi connectivity index (χ1n) is 13.1. The fraction of sp³-hybridized carbons (Fsp3) is 0.481. The van der Waals surface area contributed by atoms with Crippen LogP contribution in [0.25, 0.3) is 16.7 Å². The number of piperidine rings is 1. The van der Waals surface area contributed by atoms with E-state index in [0.29, 0.717) is 23.9 Å². The van der Waals surface area contributed by atoms with E-state index in [9.17, 15) is 26.7 Å². The number of hydrogen-bond donors (Lipinski definition) is 1. The molecule has 2 aliphatic rings. The average Bonchev–Trinajstić information content (AvgIpc) is 3.48. The van der Waals surface area contributed by atoms with Gasteiger partial charge in [0, 0.05) is 38.3 Å². The highest BCUT2D eigenvalue weighted by molar-refractivity contribution is 5.79. The Balaban J connectivity index is 1.45. The largest absolute Gasteiger partial charge is 0.419 e. The molecule has 4 aromatic rings. The minimum absolute atomic E-state index is 0.118. The van der Waals surface area contributed by atoms with Crippen molar-refractivity contribution in [1.82, 2.24) is 34.2 Å². The zero-order chi connectivity index (χ0) is 28.4. The maximum absolute atomic E-state index is 14.2. The quantitative estimate of drug-likeness (QED) is 0.354. The molecule has 212 valence electrons. The second-order valence-corrected chi connectivity index (χ2v) is 11.2. The molecule has 0 unspecified atom stereocenters. The minimum Gasteiger partial charge on any atom is -0.336 e. The van der Waals surface area contributed by atoms with Gasteiger partial charge in [0.2, 0.25) is 0 Å². The molecule has 0 bridgehead atoms. The number of pyridine rings is 1. The van der Waals surface area contributed by atoms with Gasteiger partial charge in [-0.3, -0.25) is 14.3 Å². The Labute approximate surface area is 225 Å². The molecule has 1 aliphatic carbocycles. The van der Waals surface area contributed by atoms with Crippen LogP contribution < -0.4 is 5.56 Å². The van der Waals surface area contributed by atoms with Crippen molar-refractivity contribution >= 4 is 11.0 Å². The SMILES string of the molecule is C[C@H]1CCCN(Cc2nc3c(C(F)(F)F)cn(-c4cccc(C5(c6nncn6C)CC(F)(F)C5)c4)c(=O)c3[nH]2)C1. The van der Waals surface area contributed by atoms with E-state index in [4.69, 9.17) is 0 Å². The molecule has 4 heterocycles. The minimum atomic E-state index is -4.78. The zero-order valence-electron chi connectivity index (χ0n) is 22.0. The number of aryl methyl sites for hydroxylation is 1. The summed E-state index contributed by atoms with van der Waals surface area (Å²) < 4.78 is 73.6. The number of nitrogens with one attached hydrogen (secondary N) is 1. The molecule has 0 amide bonds. The summed E-state index contributed by atoms with van der Waals surface area (Å²) in [5.74, 6) is -1.86. The molecular weight excluding hydrogens is 533 g/mol. The Morgan fingerprint density at radius 3 is 2.62 bits per heavy atom. The maximum Gasteiger partial charge on any atom is 0.419 e. The molecular formula is C27H28F5N7O. The third-order valence-corrected chi connectivity index (χ3v) is 8.06. The Kier molecular flexibility index (Phi) is 6.13. The van der Waals surface area contributed by atoms with E-state index in [1.807, 2.05) is 0 Å². The first-order chi connectivity index (χ1) is 18.9. The summed E-state index contributed by atoms with van der Waals surface area (Å²) in [6, 6.07) is 6.11. The summed E-state index contributed by atoms with van der Waals surface area (Å²) in [6.07, 6.45) is -1.62. The molecule has 1 aliphatic heterocycles. The van der Waals surface area contributed by atoms with Crippen LogP contribution in [0.15, 0.2) is 41.6 Å². The lowest BCUT2D eigenvalue weighted by Crippen LogP contribution is -2.51. The van der Waals surface area contributed by atoms with Gasteiger partial charge in [-0.25, -0.2) is 13.8 Å². The molecule has 0 radical (unpaired) electrons. The average molecular weight is 562 g/mol. The summed E-state index contributed by atoms with van der Waals surface area (Å²) in [4.78, 5) is 22.7. The molecule has 6 rings (SSSR count). The molecule has 2 fully saturated rings.